The maximum atomic E-state index is 11.2. The highest BCUT2D eigenvalue weighted by atomic mass is 16.4. The van der Waals surface area contributed by atoms with E-state index < -0.39 is 5.97 Å². The zero-order valence-electron chi connectivity index (χ0n) is 13.3. The number of hydrogen-bond donors (Lipinski definition) is 2. The molecule has 0 aliphatic heterocycles. The fraction of sp³-hybridized carbons (Fsp3) is 0.333. The van der Waals surface area contributed by atoms with Crippen molar-refractivity contribution in [1.82, 2.24) is 14.8 Å². The van der Waals surface area contributed by atoms with Crippen LogP contribution >= 0.6 is 0 Å². The third-order valence-corrected chi connectivity index (χ3v) is 4.42. The van der Waals surface area contributed by atoms with Crippen molar-refractivity contribution in [3.05, 3.63) is 41.1 Å². The molecule has 0 amide bonds. The van der Waals surface area contributed by atoms with Gasteiger partial charge in [0.2, 0.25) is 0 Å². The molecule has 2 heterocycles. The largest absolute Gasteiger partial charge is 0.478 e. The van der Waals surface area contributed by atoms with Gasteiger partial charge < -0.3 is 10.1 Å². The summed E-state index contributed by atoms with van der Waals surface area (Å²) in [5.41, 5.74) is 5.82. The normalized spacial score (nSPS) is 13.3. The molecule has 118 valence electrons. The summed E-state index contributed by atoms with van der Waals surface area (Å²) in [6.07, 6.45) is 4.01. The summed E-state index contributed by atoms with van der Waals surface area (Å²) < 4.78 is 2.03. The minimum Gasteiger partial charge on any atom is -0.478 e. The van der Waals surface area contributed by atoms with E-state index in [0.29, 0.717) is 11.5 Å². The minimum absolute atomic E-state index is 0.329. The molecule has 0 saturated carbocycles. The van der Waals surface area contributed by atoms with Crippen LogP contribution in [0.4, 0.5) is 0 Å². The highest BCUT2D eigenvalue weighted by Gasteiger charge is 2.24. The first-order valence-corrected chi connectivity index (χ1v) is 7.97. The Bertz CT molecular complexity index is 918. The predicted molar refractivity (Wildman–Crippen MR) is 88.7 cm³/mol. The molecule has 0 bridgehead atoms. The fourth-order valence-electron chi connectivity index (χ4n) is 3.43. The molecule has 23 heavy (non-hydrogen) atoms. The molecule has 2 N–H and O–H groups in total. The lowest BCUT2D eigenvalue weighted by atomic mass is 9.93. The quantitative estimate of drug-likeness (QED) is 0.778. The van der Waals surface area contributed by atoms with Gasteiger partial charge >= 0.3 is 5.97 Å². The SMILES string of the molecule is CC(C)Cn1cc2c(n1)-c1[nH]c3ccc(C(=O)O)cc3c1CC2. The average molecular weight is 309 g/mol. The van der Waals surface area contributed by atoms with Gasteiger partial charge in [-0.3, -0.25) is 4.68 Å². The van der Waals surface area contributed by atoms with Gasteiger partial charge in [0, 0.05) is 23.6 Å². The van der Waals surface area contributed by atoms with Gasteiger partial charge in [0.1, 0.15) is 5.69 Å². The zero-order chi connectivity index (χ0) is 16.1. The van der Waals surface area contributed by atoms with Crippen LogP contribution in [0.1, 0.15) is 35.3 Å². The smallest absolute Gasteiger partial charge is 0.335 e. The maximum absolute atomic E-state index is 11.2. The van der Waals surface area contributed by atoms with Crippen LogP contribution in [0.3, 0.4) is 0 Å². The lowest BCUT2D eigenvalue weighted by molar-refractivity contribution is 0.0697. The topological polar surface area (TPSA) is 70.9 Å². The number of carboxylic acids is 1. The van der Waals surface area contributed by atoms with Gasteiger partial charge in [-0.05, 0) is 48.1 Å². The van der Waals surface area contributed by atoms with Gasteiger partial charge in [-0.15, -0.1) is 0 Å². The summed E-state index contributed by atoms with van der Waals surface area (Å²) in [5, 5.41) is 15.0. The van der Waals surface area contributed by atoms with Crippen molar-refractivity contribution < 1.29 is 9.90 Å². The molecule has 5 heteroatoms. The Labute approximate surface area is 133 Å². The number of carboxylic acid groups (broad SMARTS) is 1. The number of nitrogens with zero attached hydrogens (tertiary/aromatic N) is 2. The van der Waals surface area contributed by atoms with Crippen molar-refractivity contribution in [2.45, 2.75) is 33.2 Å². The third kappa shape index (κ3) is 2.23. The van der Waals surface area contributed by atoms with Gasteiger partial charge in [-0.2, -0.15) is 5.10 Å². The first kappa shape index (κ1) is 14.1. The van der Waals surface area contributed by atoms with Crippen LogP contribution < -0.4 is 0 Å². The Morgan fingerprint density at radius 2 is 2.22 bits per heavy atom. The van der Waals surface area contributed by atoms with Crippen molar-refractivity contribution in [2.24, 2.45) is 5.92 Å². The summed E-state index contributed by atoms with van der Waals surface area (Å²) in [6, 6.07) is 5.26. The number of aryl methyl sites for hydroxylation is 2. The van der Waals surface area contributed by atoms with E-state index in [0.717, 1.165) is 41.7 Å². The molecule has 0 atom stereocenters. The Morgan fingerprint density at radius 1 is 1.39 bits per heavy atom. The molecule has 1 aliphatic carbocycles. The molecule has 3 aromatic rings. The summed E-state index contributed by atoms with van der Waals surface area (Å²) in [7, 11) is 0. The zero-order valence-corrected chi connectivity index (χ0v) is 13.3. The Hall–Kier alpha value is -2.56. The van der Waals surface area contributed by atoms with Crippen LogP contribution in [0, 0.1) is 5.92 Å². The number of aromatic nitrogens is 3. The first-order valence-electron chi connectivity index (χ1n) is 7.97. The molecule has 0 unspecified atom stereocenters. The number of carbonyl (C=O) groups is 1. The van der Waals surface area contributed by atoms with Crippen molar-refractivity contribution in [1.29, 1.82) is 0 Å². The monoisotopic (exact) mass is 309 g/mol. The number of benzene rings is 1. The molecule has 0 radical (unpaired) electrons. The van der Waals surface area contributed by atoms with E-state index in [4.69, 9.17) is 5.10 Å². The highest BCUT2D eigenvalue weighted by Crippen LogP contribution is 2.37. The van der Waals surface area contributed by atoms with Crippen molar-refractivity contribution in [2.75, 3.05) is 0 Å². The second-order valence-electron chi connectivity index (χ2n) is 6.66. The minimum atomic E-state index is -0.889. The van der Waals surface area contributed by atoms with Gasteiger partial charge in [-0.25, -0.2) is 4.79 Å². The van der Waals surface area contributed by atoms with Crippen LogP contribution in [-0.2, 0) is 19.4 Å². The van der Waals surface area contributed by atoms with Gasteiger partial charge in [0.05, 0.1) is 11.3 Å². The molecule has 0 spiro atoms. The van der Waals surface area contributed by atoms with Crippen molar-refractivity contribution in [3.63, 3.8) is 0 Å². The molecule has 0 saturated heterocycles. The number of aromatic amines is 1. The van der Waals surface area contributed by atoms with Crippen LogP contribution in [0.5, 0.6) is 0 Å². The molecular weight excluding hydrogens is 290 g/mol. The Morgan fingerprint density at radius 3 is 2.96 bits per heavy atom. The lowest BCUT2D eigenvalue weighted by Crippen LogP contribution is -2.04. The summed E-state index contributed by atoms with van der Waals surface area (Å²) in [5.74, 6) is -0.337. The van der Waals surface area contributed by atoms with E-state index >= 15 is 0 Å². The number of H-pyrrole nitrogens is 1. The highest BCUT2D eigenvalue weighted by molar-refractivity contribution is 5.97. The van der Waals surface area contributed by atoms with Crippen molar-refractivity contribution >= 4 is 16.9 Å². The van der Waals surface area contributed by atoms with Crippen LogP contribution in [0.25, 0.3) is 22.3 Å². The molecule has 0 fully saturated rings. The Kier molecular flexibility index (Phi) is 3.04. The maximum Gasteiger partial charge on any atom is 0.335 e. The molecule has 1 aliphatic rings. The van der Waals surface area contributed by atoms with Crippen molar-refractivity contribution in [3.8, 4) is 11.4 Å². The molecule has 5 nitrogen and oxygen atoms in total. The summed E-state index contributed by atoms with van der Waals surface area (Å²) in [4.78, 5) is 14.6. The lowest BCUT2D eigenvalue weighted by Gasteiger charge is -2.10. The van der Waals surface area contributed by atoms with E-state index in [2.05, 4.69) is 25.0 Å². The van der Waals surface area contributed by atoms with Crippen LogP contribution in [0.2, 0.25) is 0 Å². The second-order valence-corrected chi connectivity index (χ2v) is 6.66. The van der Waals surface area contributed by atoms with Gasteiger partial charge in [0.15, 0.2) is 0 Å². The van der Waals surface area contributed by atoms with E-state index in [1.807, 2.05) is 10.7 Å². The van der Waals surface area contributed by atoms with Gasteiger partial charge in [0.25, 0.3) is 0 Å². The van der Waals surface area contributed by atoms with E-state index in [9.17, 15) is 9.90 Å². The standard InChI is InChI=1S/C18H19N3O2/c1-10(2)8-21-9-12-3-5-13-14-7-11(18(22)23)4-6-15(14)19-17(13)16(12)20-21/h4,6-7,9-10,19H,3,5,8H2,1-2H3,(H,22,23). The second kappa shape index (κ2) is 4.98. The average Bonchev–Trinajstić information content (AvgIpc) is 3.05. The summed E-state index contributed by atoms with van der Waals surface area (Å²) in [6.45, 7) is 5.27. The summed E-state index contributed by atoms with van der Waals surface area (Å²) >= 11 is 0. The van der Waals surface area contributed by atoms with E-state index in [1.165, 1.54) is 11.1 Å². The predicted octanol–water partition coefficient (Wildman–Crippen LogP) is 3.48. The first-order chi connectivity index (χ1) is 11.0. The fourth-order valence-corrected chi connectivity index (χ4v) is 3.43. The molecular formula is C18H19N3O2. The van der Waals surface area contributed by atoms with Crippen LogP contribution in [0.15, 0.2) is 24.4 Å². The number of fused-ring (bicyclic) bond motifs is 5. The van der Waals surface area contributed by atoms with Crippen LogP contribution in [-0.4, -0.2) is 25.8 Å². The number of rotatable bonds is 3. The van der Waals surface area contributed by atoms with E-state index in [1.54, 1.807) is 12.1 Å². The third-order valence-electron chi connectivity index (χ3n) is 4.42. The van der Waals surface area contributed by atoms with Gasteiger partial charge in [-0.1, -0.05) is 13.8 Å². The Balaban J connectivity index is 1.86. The number of hydrogen-bond acceptors (Lipinski definition) is 2. The molecule has 1 aromatic carbocycles. The number of aromatic carboxylic acids is 1. The molecule has 2 aromatic heterocycles. The molecule has 4 rings (SSSR count). The number of nitrogens with one attached hydrogen (secondary N) is 1. The van der Waals surface area contributed by atoms with E-state index in [-0.39, 0.29) is 0 Å².